The lowest BCUT2D eigenvalue weighted by atomic mass is 10.0. The molecular weight excluding hydrogens is 332 g/mol. The Hall–Kier alpha value is -3.79. The van der Waals surface area contributed by atoms with Gasteiger partial charge in [0.25, 0.3) is 5.91 Å². The maximum absolute atomic E-state index is 12.7. The summed E-state index contributed by atoms with van der Waals surface area (Å²) in [5.41, 5.74) is 2.11. The molecule has 0 spiro atoms. The van der Waals surface area contributed by atoms with Crippen molar-refractivity contribution in [3.63, 3.8) is 0 Å². The second kappa shape index (κ2) is 6.99. The van der Waals surface area contributed by atoms with Crippen LogP contribution in [0.25, 0.3) is 0 Å². The standard InChI is InChI=1S/C19H14N4O3/c1-12-4-2-3-5-16(12)23-18(25)15(17(24)22-19(23)26)11-21-14-8-6-13(10-20)7-9-14/h2-9,11,15H,1H3,(H,22,24,26)/t15-/m1/s1. The zero-order valence-corrected chi connectivity index (χ0v) is 13.8. The van der Waals surface area contributed by atoms with Crippen LogP contribution in [0.5, 0.6) is 0 Å². The number of aliphatic imine (C=N–C) groups is 1. The number of imide groups is 2. The van der Waals surface area contributed by atoms with Gasteiger partial charge in [0, 0.05) is 6.21 Å². The summed E-state index contributed by atoms with van der Waals surface area (Å²) in [4.78, 5) is 42.0. The molecule has 7 nitrogen and oxygen atoms in total. The highest BCUT2D eigenvalue weighted by molar-refractivity contribution is 6.32. The fourth-order valence-corrected chi connectivity index (χ4v) is 2.55. The highest BCUT2D eigenvalue weighted by atomic mass is 16.2. The van der Waals surface area contributed by atoms with Gasteiger partial charge in [-0.3, -0.25) is 19.9 Å². The molecule has 0 radical (unpaired) electrons. The molecule has 1 heterocycles. The molecule has 1 aliphatic heterocycles. The van der Waals surface area contributed by atoms with Crippen molar-refractivity contribution in [2.75, 3.05) is 4.90 Å². The van der Waals surface area contributed by atoms with Gasteiger partial charge in [-0.15, -0.1) is 0 Å². The SMILES string of the molecule is Cc1ccccc1N1C(=O)NC(=O)[C@@H](C=Nc2ccc(C#N)cc2)C1=O. The number of hydrogen-bond donors (Lipinski definition) is 1. The predicted molar refractivity (Wildman–Crippen MR) is 95.0 cm³/mol. The number of anilines is 1. The Morgan fingerprint density at radius 1 is 1.12 bits per heavy atom. The van der Waals surface area contributed by atoms with Gasteiger partial charge < -0.3 is 0 Å². The van der Waals surface area contributed by atoms with E-state index in [2.05, 4.69) is 10.3 Å². The normalized spacial score (nSPS) is 17.3. The van der Waals surface area contributed by atoms with Crippen molar-refractivity contribution >= 4 is 35.4 Å². The first kappa shape index (κ1) is 17.0. The number of hydrogen-bond acceptors (Lipinski definition) is 5. The van der Waals surface area contributed by atoms with Crippen LogP contribution in [0.15, 0.2) is 53.5 Å². The van der Waals surface area contributed by atoms with E-state index in [4.69, 9.17) is 5.26 Å². The van der Waals surface area contributed by atoms with Crippen LogP contribution in [0.4, 0.5) is 16.2 Å². The Labute approximate surface area is 149 Å². The van der Waals surface area contributed by atoms with E-state index >= 15 is 0 Å². The number of nitrogens with one attached hydrogen (secondary N) is 1. The Morgan fingerprint density at radius 2 is 1.81 bits per heavy atom. The number of para-hydroxylation sites is 1. The van der Waals surface area contributed by atoms with Gasteiger partial charge in [0.05, 0.1) is 23.0 Å². The van der Waals surface area contributed by atoms with Crippen LogP contribution in [-0.4, -0.2) is 24.1 Å². The summed E-state index contributed by atoms with van der Waals surface area (Å²) in [5, 5.41) is 11.0. The molecule has 1 atom stereocenters. The van der Waals surface area contributed by atoms with Crippen molar-refractivity contribution in [2.24, 2.45) is 10.9 Å². The minimum atomic E-state index is -1.22. The zero-order valence-electron chi connectivity index (χ0n) is 13.8. The smallest absolute Gasteiger partial charge is 0.276 e. The summed E-state index contributed by atoms with van der Waals surface area (Å²) in [5.74, 6) is -2.60. The van der Waals surface area contributed by atoms with Crippen LogP contribution >= 0.6 is 0 Å². The Morgan fingerprint density at radius 3 is 2.46 bits per heavy atom. The maximum Gasteiger partial charge on any atom is 0.335 e. The molecule has 128 valence electrons. The average molecular weight is 346 g/mol. The largest absolute Gasteiger partial charge is 0.335 e. The van der Waals surface area contributed by atoms with Crippen molar-refractivity contribution < 1.29 is 14.4 Å². The number of carbonyl (C=O) groups excluding carboxylic acids is 3. The summed E-state index contributed by atoms with van der Waals surface area (Å²) in [6.07, 6.45) is 1.21. The topological polar surface area (TPSA) is 103 Å². The molecule has 2 aromatic rings. The Bertz CT molecular complexity index is 957. The molecule has 26 heavy (non-hydrogen) atoms. The first-order valence-electron chi connectivity index (χ1n) is 7.80. The molecule has 0 unspecified atom stereocenters. The van der Waals surface area contributed by atoms with Crippen molar-refractivity contribution in [1.29, 1.82) is 5.26 Å². The predicted octanol–water partition coefficient (Wildman–Crippen LogP) is 2.47. The molecule has 3 rings (SSSR count). The van der Waals surface area contributed by atoms with E-state index in [9.17, 15) is 14.4 Å². The monoisotopic (exact) mass is 346 g/mol. The lowest BCUT2D eigenvalue weighted by molar-refractivity contribution is -0.131. The third kappa shape index (κ3) is 3.21. The number of urea groups is 1. The van der Waals surface area contributed by atoms with E-state index in [-0.39, 0.29) is 0 Å². The second-order valence-corrected chi connectivity index (χ2v) is 5.67. The van der Waals surface area contributed by atoms with Crippen LogP contribution < -0.4 is 10.2 Å². The van der Waals surface area contributed by atoms with Gasteiger partial charge in [0.15, 0.2) is 5.92 Å². The van der Waals surface area contributed by atoms with Crippen molar-refractivity contribution in [3.05, 3.63) is 59.7 Å². The fraction of sp³-hybridized carbons (Fsp3) is 0.105. The first-order valence-corrected chi connectivity index (χ1v) is 7.80. The van der Waals surface area contributed by atoms with Crippen LogP contribution in [-0.2, 0) is 9.59 Å². The quantitative estimate of drug-likeness (QED) is 0.681. The lowest BCUT2D eigenvalue weighted by Crippen LogP contribution is -2.58. The molecule has 1 fully saturated rings. The van der Waals surface area contributed by atoms with Gasteiger partial charge in [-0.05, 0) is 42.8 Å². The van der Waals surface area contributed by atoms with Gasteiger partial charge in [-0.25, -0.2) is 9.69 Å². The van der Waals surface area contributed by atoms with Gasteiger partial charge in [-0.2, -0.15) is 5.26 Å². The van der Waals surface area contributed by atoms with Crippen molar-refractivity contribution in [3.8, 4) is 6.07 Å². The van der Waals surface area contributed by atoms with Crippen LogP contribution in [0.3, 0.4) is 0 Å². The Kier molecular flexibility index (Phi) is 4.58. The molecule has 0 bridgehead atoms. The molecule has 0 aliphatic carbocycles. The van der Waals surface area contributed by atoms with Gasteiger partial charge in [-0.1, -0.05) is 18.2 Å². The Balaban J connectivity index is 1.89. The first-order chi connectivity index (χ1) is 12.5. The average Bonchev–Trinajstić information content (AvgIpc) is 2.63. The third-order valence-electron chi connectivity index (χ3n) is 3.93. The van der Waals surface area contributed by atoms with E-state index in [1.54, 1.807) is 55.5 Å². The highest BCUT2D eigenvalue weighted by Gasteiger charge is 2.40. The zero-order chi connectivity index (χ0) is 18.7. The van der Waals surface area contributed by atoms with E-state index in [0.717, 1.165) is 10.5 Å². The van der Waals surface area contributed by atoms with E-state index in [1.807, 2.05) is 6.07 Å². The molecular formula is C19H14N4O3. The molecule has 0 aromatic heterocycles. The summed E-state index contributed by atoms with van der Waals surface area (Å²) in [6.45, 7) is 1.77. The summed E-state index contributed by atoms with van der Waals surface area (Å²) in [7, 11) is 0. The van der Waals surface area contributed by atoms with Crippen molar-refractivity contribution in [1.82, 2.24) is 5.32 Å². The molecule has 2 aromatic carbocycles. The number of rotatable bonds is 3. The summed E-state index contributed by atoms with van der Waals surface area (Å²) in [6, 6.07) is 14.5. The van der Waals surface area contributed by atoms with Gasteiger partial charge in [0.1, 0.15) is 0 Å². The van der Waals surface area contributed by atoms with Crippen molar-refractivity contribution in [2.45, 2.75) is 6.92 Å². The van der Waals surface area contributed by atoms with Gasteiger partial charge in [0.2, 0.25) is 5.91 Å². The molecule has 7 heteroatoms. The third-order valence-corrected chi connectivity index (χ3v) is 3.93. The van der Waals surface area contributed by atoms with Crippen LogP contribution in [0, 0.1) is 24.2 Å². The maximum atomic E-state index is 12.7. The van der Waals surface area contributed by atoms with E-state index < -0.39 is 23.8 Å². The molecule has 4 amide bonds. The number of benzene rings is 2. The van der Waals surface area contributed by atoms with E-state index in [0.29, 0.717) is 16.9 Å². The van der Waals surface area contributed by atoms with Crippen LogP contribution in [0.1, 0.15) is 11.1 Å². The van der Waals surface area contributed by atoms with Gasteiger partial charge >= 0.3 is 6.03 Å². The lowest BCUT2D eigenvalue weighted by Gasteiger charge is -2.29. The second-order valence-electron chi connectivity index (χ2n) is 5.67. The summed E-state index contributed by atoms with van der Waals surface area (Å²) < 4.78 is 0. The van der Waals surface area contributed by atoms with E-state index in [1.165, 1.54) is 6.21 Å². The number of aryl methyl sites for hydroxylation is 1. The number of carbonyl (C=O) groups is 3. The number of barbiturate groups is 1. The number of nitrogens with zero attached hydrogens (tertiary/aromatic N) is 3. The number of amides is 4. The van der Waals surface area contributed by atoms with Crippen LogP contribution in [0.2, 0.25) is 0 Å². The minimum absolute atomic E-state index is 0.416. The fourth-order valence-electron chi connectivity index (χ4n) is 2.55. The molecule has 0 saturated carbocycles. The molecule has 1 N–H and O–H groups in total. The molecule has 1 aliphatic rings. The summed E-state index contributed by atoms with van der Waals surface area (Å²) >= 11 is 0. The minimum Gasteiger partial charge on any atom is -0.276 e. The highest BCUT2D eigenvalue weighted by Crippen LogP contribution is 2.24. The molecule has 1 saturated heterocycles. The number of nitriles is 1.